The third kappa shape index (κ3) is 5.80. The van der Waals surface area contributed by atoms with Crippen molar-refractivity contribution in [3.05, 3.63) is 96.6 Å². The molecule has 45 heavy (non-hydrogen) atoms. The maximum Gasteiger partial charge on any atom is 0.264 e. The SMILES string of the molecule is C=CCN1C(=O)[C@]2(O[C@H](CC(=O)N(CCO)Cc3ccccc3)[C@@H]([Si](C)(C)c3ccc(OC)cc3)[C@@H]2C)c2cc(OC)ccc21. The normalized spacial score (nSPS) is 22.4. The molecule has 8 nitrogen and oxygen atoms in total. The van der Waals surface area contributed by atoms with Crippen LogP contribution in [0.2, 0.25) is 18.6 Å². The number of aliphatic hydroxyl groups excluding tert-OH is 1. The minimum atomic E-state index is -2.43. The van der Waals surface area contributed by atoms with Crippen molar-refractivity contribution < 1.29 is 28.9 Å². The number of rotatable bonds is 12. The molecule has 0 radical (unpaired) electrons. The quantitative estimate of drug-likeness (QED) is 0.228. The van der Waals surface area contributed by atoms with Crippen LogP contribution in [0.3, 0.4) is 0 Å². The highest BCUT2D eigenvalue weighted by molar-refractivity contribution is 6.91. The van der Waals surface area contributed by atoms with Crippen LogP contribution in [-0.2, 0) is 26.5 Å². The fourth-order valence-electron chi connectivity index (χ4n) is 7.45. The number of anilines is 1. The molecule has 9 heteroatoms. The lowest BCUT2D eigenvalue weighted by molar-refractivity contribution is -0.149. The van der Waals surface area contributed by atoms with Gasteiger partial charge in [0.05, 0.1) is 47.1 Å². The maximum atomic E-state index is 14.6. The minimum Gasteiger partial charge on any atom is -0.497 e. The Balaban J connectivity index is 1.60. The lowest BCUT2D eigenvalue weighted by Gasteiger charge is -2.37. The number of aliphatic hydroxyl groups is 1. The summed E-state index contributed by atoms with van der Waals surface area (Å²) in [4.78, 5) is 32.1. The topological polar surface area (TPSA) is 88.5 Å². The van der Waals surface area contributed by atoms with Crippen LogP contribution in [0.4, 0.5) is 5.69 Å². The van der Waals surface area contributed by atoms with Gasteiger partial charge in [-0.3, -0.25) is 9.59 Å². The predicted octanol–water partition coefficient (Wildman–Crippen LogP) is 4.86. The second-order valence-electron chi connectivity index (χ2n) is 12.5. The molecule has 2 aliphatic heterocycles. The van der Waals surface area contributed by atoms with Gasteiger partial charge in [0, 0.05) is 31.1 Å². The maximum absolute atomic E-state index is 14.6. The van der Waals surface area contributed by atoms with Gasteiger partial charge in [-0.05, 0) is 41.4 Å². The van der Waals surface area contributed by atoms with Crippen molar-refractivity contribution in [1.29, 1.82) is 0 Å². The summed E-state index contributed by atoms with van der Waals surface area (Å²) in [5.74, 6) is 0.889. The first-order chi connectivity index (χ1) is 21.6. The van der Waals surface area contributed by atoms with Crippen LogP contribution in [0, 0.1) is 5.92 Å². The summed E-state index contributed by atoms with van der Waals surface area (Å²) in [6, 6.07) is 23.6. The zero-order chi connectivity index (χ0) is 32.4. The number of benzene rings is 3. The van der Waals surface area contributed by atoms with Gasteiger partial charge in [0.25, 0.3) is 5.91 Å². The van der Waals surface area contributed by atoms with E-state index in [9.17, 15) is 14.7 Å². The Morgan fingerprint density at radius 1 is 1.07 bits per heavy atom. The van der Waals surface area contributed by atoms with Crippen LogP contribution in [0.25, 0.3) is 0 Å². The number of nitrogens with zero attached hydrogens (tertiary/aromatic N) is 2. The van der Waals surface area contributed by atoms with Gasteiger partial charge >= 0.3 is 0 Å². The smallest absolute Gasteiger partial charge is 0.264 e. The second kappa shape index (κ2) is 13.2. The van der Waals surface area contributed by atoms with Gasteiger partial charge in [0.15, 0.2) is 5.60 Å². The molecule has 4 atom stereocenters. The molecule has 0 unspecified atom stereocenters. The van der Waals surface area contributed by atoms with Crippen molar-refractivity contribution in [2.45, 2.75) is 50.2 Å². The van der Waals surface area contributed by atoms with E-state index in [1.54, 1.807) is 30.1 Å². The second-order valence-corrected chi connectivity index (χ2v) is 17.2. The number of hydrogen-bond donors (Lipinski definition) is 1. The summed E-state index contributed by atoms with van der Waals surface area (Å²) in [6.45, 7) is 11.4. The number of fused-ring (bicyclic) bond motifs is 2. The summed E-state index contributed by atoms with van der Waals surface area (Å²) < 4.78 is 18.1. The number of carbonyl (C=O) groups is 2. The molecule has 2 heterocycles. The Morgan fingerprint density at radius 2 is 1.73 bits per heavy atom. The number of ether oxygens (including phenoxy) is 3. The van der Waals surface area contributed by atoms with E-state index in [1.165, 1.54) is 5.19 Å². The van der Waals surface area contributed by atoms with Crippen molar-refractivity contribution in [3.63, 3.8) is 0 Å². The highest BCUT2D eigenvalue weighted by Crippen LogP contribution is 2.60. The molecule has 2 aliphatic rings. The molecule has 0 saturated carbocycles. The van der Waals surface area contributed by atoms with Crippen LogP contribution in [0.15, 0.2) is 85.5 Å². The summed E-state index contributed by atoms with van der Waals surface area (Å²) >= 11 is 0. The highest BCUT2D eigenvalue weighted by Gasteiger charge is 2.66. The van der Waals surface area contributed by atoms with Gasteiger partial charge in [-0.25, -0.2) is 0 Å². The molecule has 0 aromatic heterocycles. The number of hydrogen-bond acceptors (Lipinski definition) is 6. The zero-order valence-electron chi connectivity index (χ0n) is 26.9. The van der Waals surface area contributed by atoms with Crippen molar-refractivity contribution in [2.75, 3.05) is 38.8 Å². The standard InChI is InChI=1S/C36H44N2O6Si/c1-7-19-38-31-18-15-28(43-4)22-30(31)36(35(38)41)25(2)34(45(5,6)29-16-13-27(42-3)14-17-29)32(44-36)23-33(40)37(20-21-39)24-26-11-9-8-10-12-26/h7-18,22,25,32,34,39H,1,19-21,23-24H2,2-6H3/t25-,32+,34-,36+/m0/s1. The summed E-state index contributed by atoms with van der Waals surface area (Å²) in [6.07, 6.45) is 1.26. The molecular weight excluding hydrogens is 584 g/mol. The molecule has 1 saturated heterocycles. The minimum absolute atomic E-state index is 0.0875. The van der Waals surface area contributed by atoms with E-state index in [4.69, 9.17) is 14.2 Å². The van der Waals surface area contributed by atoms with Crippen LogP contribution in [0.1, 0.15) is 24.5 Å². The van der Waals surface area contributed by atoms with Crippen LogP contribution in [-0.4, -0.2) is 69.9 Å². The Bertz CT molecular complexity index is 1530. The first-order valence-electron chi connectivity index (χ1n) is 15.5. The number of carbonyl (C=O) groups excluding carboxylic acids is 2. The monoisotopic (exact) mass is 628 g/mol. The Labute approximate surface area is 267 Å². The first kappa shape index (κ1) is 32.5. The van der Waals surface area contributed by atoms with Crippen molar-refractivity contribution in [3.8, 4) is 11.5 Å². The third-order valence-corrected chi connectivity index (χ3v) is 14.0. The molecule has 2 amide bonds. The van der Waals surface area contributed by atoms with Crippen LogP contribution in [0.5, 0.6) is 11.5 Å². The van der Waals surface area contributed by atoms with E-state index in [2.05, 4.69) is 38.7 Å². The molecule has 238 valence electrons. The lowest BCUT2D eigenvalue weighted by atomic mass is 9.82. The molecular formula is C36H44N2O6Si. The fourth-order valence-corrected chi connectivity index (χ4v) is 11.5. The van der Waals surface area contributed by atoms with E-state index >= 15 is 0 Å². The molecule has 1 spiro atoms. The van der Waals surface area contributed by atoms with Gasteiger partial charge < -0.3 is 29.1 Å². The largest absolute Gasteiger partial charge is 0.497 e. The molecule has 3 aromatic rings. The summed E-state index contributed by atoms with van der Waals surface area (Å²) in [7, 11) is 0.826. The predicted molar refractivity (Wildman–Crippen MR) is 179 cm³/mol. The van der Waals surface area contributed by atoms with Gasteiger partial charge in [-0.15, -0.1) is 6.58 Å². The van der Waals surface area contributed by atoms with Gasteiger partial charge in [-0.2, -0.15) is 0 Å². The number of methoxy groups -OCH3 is 2. The van der Waals surface area contributed by atoms with E-state index in [-0.39, 0.29) is 42.8 Å². The zero-order valence-corrected chi connectivity index (χ0v) is 27.9. The van der Waals surface area contributed by atoms with E-state index in [0.29, 0.717) is 18.8 Å². The van der Waals surface area contributed by atoms with Crippen molar-refractivity contribution in [2.24, 2.45) is 5.92 Å². The molecule has 3 aromatic carbocycles. The van der Waals surface area contributed by atoms with Crippen LogP contribution < -0.4 is 19.6 Å². The van der Waals surface area contributed by atoms with E-state index in [0.717, 1.165) is 22.6 Å². The van der Waals surface area contributed by atoms with Gasteiger partial charge in [0.2, 0.25) is 5.91 Å². The highest BCUT2D eigenvalue weighted by atomic mass is 28.3. The van der Waals surface area contributed by atoms with Crippen LogP contribution >= 0.6 is 0 Å². The lowest BCUT2D eigenvalue weighted by Crippen LogP contribution is -2.52. The average Bonchev–Trinajstić information content (AvgIpc) is 3.47. The first-order valence-corrected chi connectivity index (χ1v) is 18.6. The Kier molecular flexibility index (Phi) is 9.53. The summed E-state index contributed by atoms with van der Waals surface area (Å²) in [5, 5.41) is 11.1. The third-order valence-electron chi connectivity index (χ3n) is 9.67. The molecule has 0 aliphatic carbocycles. The number of amides is 2. The van der Waals surface area contributed by atoms with Crippen molar-refractivity contribution in [1.82, 2.24) is 4.90 Å². The van der Waals surface area contributed by atoms with E-state index in [1.807, 2.05) is 60.7 Å². The summed E-state index contributed by atoms with van der Waals surface area (Å²) in [5.41, 5.74) is 1.12. The Hall–Kier alpha value is -3.92. The van der Waals surface area contributed by atoms with E-state index < -0.39 is 19.8 Å². The molecule has 0 bridgehead atoms. The average molecular weight is 629 g/mol. The molecule has 1 fully saturated rings. The molecule has 5 rings (SSSR count). The molecule has 1 N–H and O–H groups in total. The Morgan fingerprint density at radius 3 is 2.36 bits per heavy atom. The van der Waals surface area contributed by atoms with Crippen molar-refractivity contribution >= 4 is 30.8 Å². The van der Waals surface area contributed by atoms with Gasteiger partial charge in [0.1, 0.15) is 11.5 Å². The fraction of sp³-hybridized carbons (Fsp3) is 0.389. The van der Waals surface area contributed by atoms with Gasteiger partial charge in [-0.1, -0.05) is 73.7 Å².